The molecule has 1 aliphatic carbocycles. The Hall–Kier alpha value is 0.140. The normalized spacial score (nSPS) is 20.4. The van der Waals surface area contributed by atoms with Crippen molar-refractivity contribution in [1.82, 2.24) is 5.32 Å². The minimum Gasteiger partial charge on any atom is -0.312 e. The first-order valence-electron chi connectivity index (χ1n) is 5.74. The number of nitrogens with one attached hydrogen (secondary N) is 1. The topological polar surface area (TPSA) is 12.0 Å². The van der Waals surface area contributed by atoms with Crippen molar-refractivity contribution in [1.29, 1.82) is 0 Å². The van der Waals surface area contributed by atoms with E-state index in [2.05, 4.69) is 40.4 Å². The van der Waals surface area contributed by atoms with Crippen molar-refractivity contribution < 1.29 is 0 Å². The molecular formula is C12H18BrNS. The largest absolute Gasteiger partial charge is 0.312 e. The molecule has 2 rings (SSSR count). The number of rotatable bonds is 3. The molecule has 84 valence electrons. The predicted molar refractivity (Wildman–Crippen MR) is 70.4 cm³/mol. The Bertz CT molecular complexity index is 304. The van der Waals surface area contributed by atoms with Crippen LogP contribution in [0, 0.1) is 5.92 Å². The van der Waals surface area contributed by atoms with E-state index < -0.39 is 0 Å². The van der Waals surface area contributed by atoms with Crippen LogP contribution in [-0.4, -0.2) is 7.05 Å². The third-order valence-corrected chi connectivity index (χ3v) is 5.04. The van der Waals surface area contributed by atoms with Crippen LogP contribution < -0.4 is 5.32 Å². The quantitative estimate of drug-likeness (QED) is 0.871. The highest BCUT2D eigenvalue weighted by Gasteiger charge is 2.24. The van der Waals surface area contributed by atoms with E-state index in [1.54, 1.807) is 0 Å². The summed E-state index contributed by atoms with van der Waals surface area (Å²) in [7, 11) is 2.09. The lowest BCUT2D eigenvalue weighted by Crippen LogP contribution is -2.26. The minimum atomic E-state index is 0.571. The Balaban J connectivity index is 2.08. The summed E-state index contributed by atoms with van der Waals surface area (Å²) in [6.07, 6.45) is 7.04. The Morgan fingerprint density at radius 3 is 2.60 bits per heavy atom. The molecule has 0 radical (unpaired) electrons. The molecule has 0 spiro atoms. The maximum Gasteiger partial charge on any atom is 0.0701 e. The van der Waals surface area contributed by atoms with Gasteiger partial charge in [-0.05, 0) is 53.9 Å². The first-order valence-corrected chi connectivity index (χ1v) is 7.34. The van der Waals surface area contributed by atoms with Gasteiger partial charge in [-0.25, -0.2) is 0 Å². The van der Waals surface area contributed by atoms with Crippen LogP contribution in [0.1, 0.15) is 43.0 Å². The molecule has 1 fully saturated rings. The van der Waals surface area contributed by atoms with E-state index in [1.165, 1.54) is 40.8 Å². The molecule has 1 aromatic rings. The highest BCUT2D eigenvalue weighted by atomic mass is 79.9. The smallest absolute Gasteiger partial charge is 0.0701 e. The summed E-state index contributed by atoms with van der Waals surface area (Å²) in [5, 5.41) is 3.49. The summed E-state index contributed by atoms with van der Waals surface area (Å²) < 4.78 is 1.24. The van der Waals surface area contributed by atoms with Gasteiger partial charge in [0, 0.05) is 10.9 Å². The zero-order chi connectivity index (χ0) is 10.7. The highest BCUT2D eigenvalue weighted by Crippen LogP contribution is 2.37. The van der Waals surface area contributed by atoms with Gasteiger partial charge in [-0.1, -0.05) is 19.3 Å². The predicted octanol–water partition coefficient (Wildman–Crippen LogP) is 4.35. The zero-order valence-corrected chi connectivity index (χ0v) is 11.5. The van der Waals surface area contributed by atoms with Gasteiger partial charge in [-0.3, -0.25) is 0 Å². The Labute approximate surface area is 104 Å². The number of thiophene rings is 1. The Morgan fingerprint density at radius 2 is 2.07 bits per heavy atom. The summed E-state index contributed by atoms with van der Waals surface area (Å²) in [6, 6.07) is 4.99. The van der Waals surface area contributed by atoms with Crippen molar-refractivity contribution in [3.05, 3.63) is 20.8 Å². The number of hydrogen-bond donors (Lipinski definition) is 1. The van der Waals surface area contributed by atoms with Crippen LogP contribution in [-0.2, 0) is 0 Å². The van der Waals surface area contributed by atoms with Crippen molar-refractivity contribution in [3.8, 4) is 0 Å². The Morgan fingerprint density at radius 1 is 1.33 bits per heavy atom. The van der Waals surface area contributed by atoms with E-state index in [4.69, 9.17) is 0 Å². The Kier molecular flexibility index (Phi) is 4.23. The second kappa shape index (κ2) is 5.46. The maximum atomic E-state index is 3.54. The molecule has 0 aliphatic heterocycles. The molecule has 1 atom stereocenters. The second-order valence-corrected chi connectivity index (χ2v) is 6.80. The van der Waals surface area contributed by atoms with E-state index in [1.807, 2.05) is 11.3 Å². The lowest BCUT2D eigenvalue weighted by atomic mass is 9.83. The van der Waals surface area contributed by atoms with Crippen molar-refractivity contribution in [2.45, 2.75) is 38.1 Å². The van der Waals surface area contributed by atoms with Crippen LogP contribution in [0.4, 0.5) is 0 Å². The molecule has 1 heterocycles. The molecular weight excluding hydrogens is 270 g/mol. The van der Waals surface area contributed by atoms with Crippen LogP contribution in [0.5, 0.6) is 0 Å². The van der Waals surface area contributed by atoms with Crippen molar-refractivity contribution in [2.24, 2.45) is 5.92 Å². The van der Waals surface area contributed by atoms with Gasteiger partial charge in [0.2, 0.25) is 0 Å². The highest BCUT2D eigenvalue weighted by molar-refractivity contribution is 9.11. The average molecular weight is 288 g/mol. The fourth-order valence-electron chi connectivity index (χ4n) is 2.57. The molecule has 1 unspecified atom stereocenters. The van der Waals surface area contributed by atoms with Gasteiger partial charge in [0.25, 0.3) is 0 Å². The molecule has 3 heteroatoms. The molecule has 0 saturated heterocycles. The lowest BCUT2D eigenvalue weighted by molar-refractivity contribution is 0.284. The van der Waals surface area contributed by atoms with E-state index >= 15 is 0 Å². The lowest BCUT2D eigenvalue weighted by Gasteiger charge is -2.29. The molecule has 1 nitrogen and oxygen atoms in total. The van der Waals surface area contributed by atoms with Gasteiger partial charge < -0.3 is 5.32 Å². The van der Waals surface area contributed by atoms with E-state index in [-0.39, 0.29) is 0 Å². The SMILES string of the molecule is CNC(c1ccc(Br)s1)C1CCCCC1. The molecule has 1 aliphatic rings. The van der Waals surface area contributed by atoms with Crippen molar-refractivity contribution >= 4 is 27.3 Å². The van der Waals surface area contributed by atoms with Gasteiger partial charge in [0.1, 0.15) is 0 Å². The van der Waals surface area contributed by atoms with Gasteiger partial charge in [0.05, 0.1) is 3.79 Å². The molecule has 1 N–H and O–H groups in total. The maximum absolute atomic E-state index is 3.54. The molecule has 0 aromatic carbocycles. The van der Waals surface area contributed by atoms with E-state index in [9.17, 15) is 0 Å². The first-order chi connectivity index (χ1) is 7.31. The summed E-state index contributed by atoms with van der Waals surface area (Å²) in [5.41, 5.74) is 0. The van der Waals surface area contributed by atoms with E-state index in [0.717, 1.165) is 5.92 Å². The molecule has 0 bridgehead atoms. The monoisotopic (exact) mass is 287 g/mol. The average Bonchev–Trinajstić information content (AvgIpc) is 2.68. The van der Waals surface area contributed by atoms with Gasteiger partial charge in [0.15, 0.2) is 0 Å². The van der Waals surface area contributed by atoms with Crippen molar-refractivity contribution in [3.63, 3.8) is 0 Å². The summed E-state index contributed by atoms with van der Waals surface area (Å²) >= 11 is 5.41. The van der Waals surface area contributed by atoms with Crippen LogP contribution in [0.3, 0.4) is 0 Å². The fourth-order valence-corrected chi connectivity index (χ4v) is 4.20. The number of hydrogen-bond acceptors (Lipinski definition) is 2. The number of halogens is 1. The molecule has 0 amide bonds. The van der Waals surface area contributed by atoms with Crippen LogP contribution in [0.15, 0.2) is 15.9 Å². The van der Waals surface area contributed by atoms with Crippen LogP contribution in [0.25, 0.3) is 0 Å². The molecule has 1 saturated carbocycles. The molecule has 15 heavy (non-hydrogen) atoms. The fraction of sp³-hybridized carbons (Fsp3) is 0.667. The van der Waals surface area contributed by atoms with E-state index in [0.29, 0.717) is 6.04 Å². The summed E-state index contributed by atoms with van der Waals surface area (Å²) in [4.78, 5) is 1.48. The van der Waals surface area contributed by atoms with Gasteiger partial charge in [-0.15, -0.1) is 11.3 Å². The van der Waals surface area contributed by atoms with Crippen LogP contribution in [0.2, 0.25) is 0 Å². The van der Waals surface area contributed by atoms with Gasteiger partial charge >= 0.3 is 0 Å². The third-order valence-electron chi connectivity index (χ3n) is 3.33. The first kappa shape index (κ1) is 11.6. The second-order valence-electron chi connectivity index (χ2n) is 4.31. The van der Waals surface area contributed by atoms with Crippen LogP contribution >= 0.6 is 27.3 Å². The van der Waals surface area contributed by atoms with Crippen molar-refractivity contribution in [2.75, 3.05) is 7.05 Å². The van der Waals surface area contributed by atoms with Gasteiger partial charge in [-0.2, -0.15) is 0 Å². The summed E-state index contributed by atoms with van der Waals surface area (Å²) in [5.74, 6) is 0.842. The zero-order valence-electron chi connectivity index (χ0n) is 9.13. The summed E-state index contributed by atoms with van der Waals surface area (Å²) in [6.45, 7) is 0. The molecule has 1 aromatic heterocycles. The standard InChI is InChI=1S/C12H18BrNS/c1-14-12(9-5-3-2-4-6-9)10-7-8-11(13)15-10/h7-9,12,14H,2-6H2,1H3. The minimum absolute atomic E-state index is 0.571. The third kappa shape index (κ3) is 2.83.